The predicted molar refractivity (Wildman–Crippen MR) is 113 cm³/mol. The fraction of sp³-hybridized carbons (Fsp3) is 0.286. The summed E-state index contributed by atoms with van der Waals surface area (Å²) in [5.41, 5.74) is -0.0297. The maximum Gasteiger partial charge on any atom is 0.417 e. The number of nitrogens with zero attached hydrogens (tertiary/aromatic N) is 4. The van der Waals surface area contributed by atoms with E-state index in [1.54, 1.807) is 12.1 Å². The Labute approximate surface area is 191 Å². The minimum absolute atomic E-state index is 0.173. The topological polar surface area (TPSA) is 60.8 Å². The molecule has 1 unspecified atom stereocenters. The summed E-state index contributed by atoms with van der Waals surface area (Å²) in [6.07, 6.45) is -0.618. The van der Waals surface area contributed by atoms with Crippen LogP contribution in [0.2, 0.25) is 10.0 Å². The van der Waals surface area contributed by atoms with Gasteiger partial charge in [-0.3, -0.25) is 9.78 Å². The lowest BCUT2D eigenvalue weighted by Crippen LogP contribution is -2.51. The average Bonchev–Trinajstić information content (AvgIpc) is 3.13. The van der Waals surface area contributed by atoms with Crippen LogP contribution in [0.1, 0.15) is 40.9 Å². The third-order valence-electron chi connectivity index (χ3n) is 5.62. The van der Waals surface area contributed by atoms with E-state index in [4.69, 9.17) is 23.2 Å². The first-order valence-electron chi connectivity index (χ1n) is 9.92. The maximum absolute atomic E-state index is 13.4. The van der Waals surface area contributed by atoms with Gasteiger partial charge in [0.05, 0.1) is 26.9 Å². The number of rotatable bonds is 2. The molecule has 0 spiro atoms. The van der Waals surface area contributed by atoms with Crippen LogP contribution in [0.15, 0.2) is 53.1 Å². The number of hydrogen-bond donors (Lipinski definition) is 1. The van der Waals surface area contributed by atoms with Crippen molar-refractivity contribution in [3.63, 3.8) is 0 Å². The molecule has 0 saturated carbocycles. The van der Waals surface area contributed by atoms with E-state index in [0.717, 1.165) is 35.7 Å². The number of amidine groups is 1. The van der Waals surface area contributed by atoms with Gasteiger partial charge in [0.2, 0.25) is 0 Å². The molecule has 1 atom stereocenters. The second-order valence-electron chi connectivity index (χ2n) is 7.71. The van der Waals surface area contributed by atoms with Crippen molar-refractivity contribution in [1.82, 2.24) is 20.2 Å². The van der Waals surface area contributed by atoms with Gasteiger partial charge in [0.25, 0.3) is 5.91 Å². The van der Waals surface area contributed by atoms with Crippen molar-refractivity contribution in [2.24, 2.45) is 5.10 Å². The summed E-state index contributed by atoms with van der Waals surface area (Å²) in [5, 5.41) is 8.81. The Morgan fingerprint density at radius 3 is 2.72 bits per heavy atom. The second kappa shape index (κ2) is 7.67. The fourth-order valence-corrected chi connectivity index (χ4v) is 4.62. The van der Waals surface area contributed by atoms with E-state index in [2.05, 4.69) is 15.4 Å². The summed E-state index contributed by atoms with van der Waals surface area (Å²) in [6.45, 7) is 0.544. The molecule has 2 aromatic rings. The van der Waals surface area contributed by atoms with E-state index in [9.17, 15) is 18.0 Å². The number of carbonyl (C=O) groups excluding carboxylic acids is 1. The third-order valence-corrected chi connectivity index (χ3v) is 6.25. The van der Waals surface area contributed by atoms with Crippen LogP contribution >= 0.6 is 23.2 Å². The smallest absolute Gasteiger partial charge is 0.381 e. The first-order valence-corrected chi connectivity index (χ1v) is 10.7. The normalized spacial score (nSPS) is 20.2. The van der Waals surface area contributed by atoms with E-state index in [1.807, 2.05) is 4.90 Å². The Kier molecular flexibility index (Phi) is 5.05. The number of halogens is 5. The lowest BCUT2D eigenvalue weighted by Gasteiger charge is -2.39. The number of carbonyl (C=O) groups is 1. The van der Waals surface area contributed by atoms with Crippen molar-refractivity contribution < 1.29 is 18.0 Å². The van der Waals surface area contributed by atoms with E-state index in [-0.39, 0.29) is 11.6 Å². The number of nitrogens with one attached hydrogen (secondary N) is 1. The average molecular weight is 482 g/mol. The summed E-state index contributed by atoms with van der Waals surface area (Å²) in [4.78, 5) is 19.6. The summed E-state index contributed by atoms with van der Waals surface area (Å²) in [7, 11) is 0. The zero-order valence-corrected chi connectivity index (χ0v) is 18.0. The number of alkyl halides is 3. The molecule has 32 heavy (non-hydrogen) atoms. The van der Waals surface area contributed by atoms with Crippen LogP contribution in [-0.2, 0) is 6.18 Å². The minimum Gasteiger partial charge on any atom is -0.381 e. The quantitative estimate of drug-likeness (QED) is 0.665. The van der Waals surface area contributed by atoms with Gasteiger partial charge in [0, 0.05) is 18.8 Å². The van der Waals surface area contributed by atoms with Crippen molar-refractivity contribution in [2.75, 3.05) is 6.54 Å². The van der Waals surface area contributed by atoms with Crippen LogP contribution in [0, 0.1) is 0 Å². The van der Waals surface area contributed by atoms with Crippen molar-refractivity contribution in [3.8, 4) is 0 Å². The Morgan fingerprint density at radius 2 is 2.00 bits per heavy atom. The molecule has 1 N–H and O–H groups in total. The van der Waals surface area contributed by atoms with Crippen LogP contribution in [0.5, 0.6) is 0 Å². The SMILES string of the molecule is O=C(c1cccc(C(F)(F)F)c1Cl)N1N=C(c2ccc(Cl)cn2)N2CC3CCCC(=C21)N3. The highest BCUT2D eigenvalue weighted by Crippen LogP contribution is 2.39. The molecule has 0 radical (unpaired) electrons. The zero-order valence-electron chi connectivity index (χ0n) is 16.5. The fourth-order valence-electron chi connectivity index (χ4n) is 4.19. The molecular formula is C21H16Cl2F3N5O. The minimum atomic E-state index is -4.68. The molecule has 1 aromatic carbocycles. The van der Waals surface area contributed by atoms with Crippen molar-refractivity contribution >= 4 is 34.9 Å². The summed E-state index contributed by atoms with van der Waals surface area (Å²) >= 11 is 12.0. The van der Waals surface area contributed by atoms with Crippen LogP contribution in [0.4, 0.5) is 13.2 Å². The molecular weight excluding hydrogens is 466 g/mol. The second-order valence-corrected chi connectivity index (χ2v) is 8.53. The summed E-state index contributed by atoms with van der Waals surface area (Å²) < 4.78 is 40.0. The summed E-state index contributed by atoms with van der Waals surface area (Å²) in [5.74, 6) is 0.175. The van der Waals surface area contributed by atoms with Crippen LogP contribution in [0.3, 0.4) is 0 Å². The Hall–Kier alpha value is -2.78. The van der Waals surface area contributed by atoms with Crippen LogP contribution in [0.25, 0.3) is 0 Å². The molecule has 6 nitrogen and oxygen atoms in total. The number of allylic oxidation sites excluding steroid dienone is 1. The maximum atomic E-state index is 13.4. The molecule has 1 saturated heterocycles. The highest BCUT2D eigenvalue weighted by Gasteiger charge is 2.43. The zero-order chi connectivity index (χ0) is 22.6. The van der Waals surface area contributed by atoms with Crippen molar-refractivity contribution in [3.05, 3.63) is 74.9 Å². The van der Waals surface area contributed by atoms with Crippen molar-refractivity contribution in [2.45, 2.75) is 31.5 Å². The van der Waals surface area contributed by atoms with Crippen LogP contribution < -0.4 is 5.32 Å². The Balaban J connectivity index is 1.62. The molecule has 1 fully saturated rings. The molecule has 3 aliphatic heterocycles. The van der Waals surface area contributed by atoms with Gasteiger partial charge >= 0.3 is 6.18 Å². The number of fused-ring (bicyclic) bond motifs is 3. The van der Waals surface area contributed by atoms with E-state index < -0.39 is 22.7 Å². The van der Waals surface area contributed by atoms with Gasteiger partial charge in [0.15, 0.2) is 11.7 Å². The van der Waals surface area contributed by atoms with Gasteiger partial charge in [0.1, 0.15) is 5.69 Å². The number of hydrogen-bond acceptors (Lipinski definition) is 5. The number of hydrazone groups is 1. The molecule has 4 heterocycles. The monoisotopic (exact) mass is 481 g/mol. The Bertz CT molecular complexity index is 1160. The lowest BCUT2D eigenvalue weighted by atomic mass is 9.98. The van der Waals surface area contributed by atoms with Gasteiger partial charge in [-0.2, -0.15) is 18.2 Å². The van der Waals surface area contributed by atoms with E-state index in [1.165, 1.54) is 12.3 Å². The molecule has 0 aliphatic carbocycles. The lowest BCUT2D eigenvalue weighted by molar-refractivity contribution is -0.137. The number of benzene rings is 1. The molecule has 2 bridgehead atoms. The molecule has 3 aliphatic rings. The van der Waals surface area contributed by atoms with E-state index in [0.29, 0.717) is 35.3 Å². The van der Waals surface area contributed by atoms with Gasteiger partial charge in [-0.1, -0.05) is 29.3 Å². The molecule has 1 amide bonds. The standard InChI is InChI=1S/C21H16Cl2F3N5O/c22-11-7-8-15(27-9-11)18-29-31(19-16-6-1-3-12(28-16)10-30(18)19)20(32)13-4-2-5-14(17(13)23)21(24,25)26/h2,4-5,7-9,12,28H,1,3,6,10H2. The number of pyridine rings is 1. The van der Waals surface area contributed by atoms with Gasteiger partial charge < -0.3 is 10.2 Å². The number of amides is 1. The highest BCUT2D eigenvalue weighted by molar-refractivity contribution is 6.34. The van der Waals surface area contributed by atoms with Gasteiger partial charge in [-0.25, -0.2) is 0 Å². The molecule has 1 aromatic heterocycles. The van der Waals surface area contributed by atoms with Gasteiger partial charge in [-0.05, 0) is 43.5 Å². The first-order chi connectivity index (χ1) is 15.2. The molecule has 11 heteroatoms. The predicted octanol–water partition coefficient (Wildman–Crippen LogP) is 4.85. The largest absolute Gasteiger partial charge is 0.417 e. The Morgan fingerprint density at radius 1 is 1.19 bits per heavy atom. The molecule has 5 rings (SSSR count). The van der Waals surface area contributed by atoms with Crippen molar-refractivity contribution in [1.29, 1.82) is 0 Å². The van der Waals surface area contributed by atoms with E-state index >= 15 is 0 Å². The number of piperidine rings is 1. The van der Waals surface area contributed by atoms with Gasteiger partial charge in [-0.15, -0.1) is 5.10 Å². The molecule has 166 valence electrons. The number of aromatic nitrogens is 1. The third kappa shape index (κ3) is 3.49. The first kappa shape index (κ1) is 21.1. The summed E-state index contributed by atoms with van der Waals surface area (Å²) in [6, 6.07) is 6.80. The highest BCUT2D eigenvalue weighted by atomic mass is 35.5. The van der Waals surface area contributed by atoms with Crippen LogP contribution in [-0.4, -0.2) is 39.2 Å².